The van der Waals surface area contributed by atoms with Gasteiger partial charge in [-0.05, 0) is 38.7 Å². The first-order valence-electron chi connectivity index (χ1n) is 8.24. The van der Waals surface area contributed by atoms with Crippen LogP contribution in [0.2, 0.25) is 0 Å². The Morgan fingerprint density at radius 1 is 1.17 bits per heavy atom. The molecule has 7 nitrogen and oxygen atoms in total. The van der Waals surface area contributed by atoms with Gasteiger partial charge >= 0.3 is 0 Å². The fourth-order valence-electron chi connectivity index (χ4n) is 2.37. The summed E-state index contributed by atoms with van der Waals surface area (Å²) in [6, 6.07) is 9.10. The zero-order chi connectivity index (χ0) is 18.1. The maximum atomic E-state index is 12.4. The highest BCUT2D eigenvalue weighted by Crippen LogP contribution is 2.09. The third-order valence-electron chi connectivity index (χ3n) is 3.51. The van der Waals surface area contributed by atoms with Crippen LogP contribution in [0.15, 0.2) is 30.3 Å². The first-order valence-corrected chi connectivity index (χ1v) is 8.24. The summed E-state index contributed by atoms with van der Waals surface area (Å²) in [5, 5.41) is 1.34. The van der Waals surface area contributed by atoms with Crippen LogP contribution in [0.4, 0.5) is 0 Å². The van der Waals surface area contributed by atoms with Gasteiger partial charge in [0.1, 0.15) is 0 Å². The van der Waals surface area contributed by atoms with Crippen molar-refractivity contribution in [3.8, 4) is 0 Å². The summed E-state index contributed by atoms with van der Waals surface area (Å²) in [6.45, 7) is 3.80. The van der Waals surface area contributed by atoms with Crippen molar-refractivity contribution < 1.29 is 9.59 Å². The van der Waals surface area contributed by atoms with Gasteiger partial charge in [-0.3, -0.25) is 14.6 Å². The molecule has 0 aliphatic carbocycles. The van der Waals surface area contributed by atoms with Crippen LogP contribution in [-0.4, -0.2) is 35.1 Å². The summed E-state index contributed by atoms with van der Waals surface area (Å²) >= 11 is 0. The first-order chi connectivity index (χ1) is 11.3. The fourth-order valence-corrected chi connectivity index (χ4v) is 2.37. The van der Waals surface area contributed by atoms with Crippen LogP contribution < -0.4 is 22.6 Å². The van der Waals surface area contributed by atoms with E-state index in [1.165, 1.54) is 10.6 Å². The van der Waals surface area contributed by atoms with Crippen molar-refractivity contribution in [1.29, 1.82) is 0 Å². The molecule has 1 unspecified atom stereocenters. The Hall–Kier alpha value is -1.96. The summed E-state index contributed by atoms with van der Waals surface area (Å²) in [5.41, 5.74) is 21.3. The molecule has 0 saturated heterocycles. The van der Waals surface area contributed by atoms with Crippen molar-refractivity contribution in [3.05, 3.63) is 35.9 Å². The molecule has 2 amide bonds. The van der Waals surface area contributed by atoms with E-state index in [9.17, 15) is 9.59 Å². The normalized spacial score (nSPS) is 13.5. The zero-order valence-electron chi connectivity index (χ0n) is 14.4. The highest BCUT2D eigenvalue weighted by molar-refractivity contribution is 5.87. The third-order valence-corrected chi connectivity index (χ3v) is 3.51. The van der Waals surface area contributed by atoms with Gasteiger partial charge in [0.2, 0.25) is 5.91 Å². The number of carbonyl (C=O) groups is 2. The van der Waals surface area contributed by atoms with E-state index in [-0.39, 0.29) is 12.5 Å². The Labute approximate surface area is 143 Å². The number of aryl methyl sites for hydroxylation is 1. The number of hydrogen-bond acceptors (Lipinski definition) is 5. The van der Waals surface area contributed by atoms with E-state index < -0.39 is 24.0 Å². The maximum absolute atomic E-state index is 12.4. The van der Waals surface area contributed by atoms with Gasteiger partial charge in [0, 0.05) is 6.04 Å². The number of rotatable bonds is 10. The van der Waals surface area contributed by atoms with E-state index in [1.807, 2.05) is 32.0 Å². The Balaban J connectivity index is 2.61. The van der Waals surface area contributed by atoms with Gasteiger partial charge in [0.05, 0.1) is 18.6 Å². The largest absolute Gasteiger partial charge is 0.370 e. The van der Waals surface area contributed by atoms with Gasteiger partial charge in [-0.25, -0.2) is 5.43 Å². The van der Waals surface area contributed by atoms with Crippen LogP contribution in [0.3, 0.4) is 0 Å². The lowest BCUT2D eigenvalue weighted by atomic mass is 10.1. The molecule has 0 fully saturated rings. The van der Waals surface area contributed by atoms with Gasteiger partial charge in [-0.1, -0.05) is 30.3 Å². The molecule has 0 bridgehead atoms. The van der Waals surface area contributed by atoms with Crippen molar-refractivity contribution in [1.82, 2.24) is 10.4 Å². The van der Waals surface area contributed by atoms with Gasteiger partial charge in [0.25, 0.3) is 5.91 Å². The smallest absolute Gasteiger partial charge is 0.255 e. The minimum atomic E-state index is -0.992. The number of nitrogens with one attached hydrogen (secondary N) is 1. The monoisotopic (exact) mass is 335 g/mol. The number of nitrogens with two attached hydrogens (primary N) is 3. The topological polar surface area (TPSA) is 127 Å². The van der Waals surface area contributed by atoms with Crippen LogP contribution in [0.5, 0.6) is 0 Å². The second-order valence-corrected chi connectivity index (χ2v) is 6.21. The Kier molecular flexibility index (Phi) is 8.39. The van der Waals surface area contributed by atoms with Crippen molar-refractivity contribution in [2.75, 3.05) is 0 Å². The summed E-state index contributed by atoms with van der Waals surface area (Å²) < 4.78 is 0. The van der Waals surface area contributed by atoms with Crippen LogP contribution in [0.1, 0.15) is 38.7 Å². The van der Waals surface area contributed by atoms with E-state index in [1.54, 1.807) is 0 Å². The standard InChI is InChI=1S/C17H29N5O2/c1-12(2)21-22(17(24)14(18)11-16(20)23)15(19)10-6-9-13-7-4-3-5-8-13/h3-5,7-8,12,14-15,21H,6,9-11,18-19H2,1-2H3,(H2,20,23)/t14-,15?/m0/s1. The molecule has 1 rings (SSSR count). The van der Waals surface area contributed by atoms with Crippen LogP contribution in [0, 0.1) is 0 Å². The lowest BCUT2D eigenvalue weighted by Gasteiger charge is -2.33. The summed E-state index contributed by atoms with van der Waals surface area (Å²) in [4.78, 5) is 23.4. The molecule has 134 valence electrons. The molecule has 0 heterocycles. The molecule has 1 aromatic carbocycles. The SMILES string of the molecule is CC(C)NN(C(=O)[C@@H](N)CC(N)=O)C(N)CCCc1ccccc1. The lowest BCUT2D eigenvalue weighted by molar-refractivity contribution is -0.141. The summed E-state index contributed by atoms with van der Waals surface area (Å²) in [5.74, 6) is -1.03. The molecule has 0 radical (unpaired) electrons. The zero-order valence-corrected chi connectivity index (χ0v) is 14.4. The van der Waals surface area contributed by atoms with Crippen molar-refractivity contribution >= 4 is 11.8 Å². The van der Waals surface area contributed by atoms with E-state index in [4.69, 9.17) is 17.2 Å². The number of nitrogens with zero attached hydrogens (tertiary/aromatic N) is 1. The molecule has 7 heteroatoms. The van der Waals surface area contributed by atoms with Crippen LogP contribution in [-0.2, 0) is 16.0 Å². The number of benzene rings is 1. The summed E-state index contributed by atoms with van der Waals surface area (Å²) in [7, 11) is 0. The molecule has 2 atom stereocenters. The minimum Gasteiger partial charge on any atom is -0.370 e. The number of hydrazine groups is 1. The molecule has 0 spiro atoms. The minimum absolute atomic E-state index is 0.00917. The maximum Gasteiger partial charge on any atom is 0.255 e. The van der Waals surface area contributed by atoms with Crippen molar-refractivity contribution in [2.45, 2.75) is 57.8 Å². The quantitative estimate of drug-likeness (QED) is 0.360. The van der Waals surface area contributed by atoms with Crippen LogP contribution >= 0.6 is 0 Å². The van der Waals surface area contributed by atoms with Gasteiger partial charge in [0.15, 0.2) is 0 Å². The van der Waals surface area contributed by atoms with Crippen molar-refractivity contribution in [3.63, 3.8) is 0 Å². The van der Waals surface area contributed by atoms with E-state index in [0.29, 0.717) is 6.42 Å². The van der Waals surface area contributed by atoms with Gasteiger partial charge in [-0.15, -0.1) is 0 Å². The number of hydrogen-bond donors (Lipinski definition) is 4. The van der Waals surface area contributed by atoms with E-state index in [0.717, 1.165) is 12.8 Å². The average molecular weight is 335 g/mol. The average Bonchev–Trinajstić information content (AvgIpc) is 2.52. The Morgan fingerprint density at radius 3 is 2.33 bits per heavy atom. The first kappa shape index (κ1) is 20.1. The predicted molar refractivity (Wildman–Crippen MR) is 94.3 cm³/mol. The predicted octanol–water partition coefficient (Wildman–Crippen LogP) is 0.238. The number of carbonyl (C=O) groups excluding carboxylic acids is 2. The molecule has 0 aliphatic heterocycles. The van der Waals surface area contributed by atoms with E-state index in [2.05, 4.69) is 17.6 Å². The molecule has 1 aromatic rings. The number of amides is 2. The van der Waals surface area contributed by atoms with Crippen molar-refractivity contribution in [2.24, 2.45) is 17.2 Å². The molecule has 24 heavy (non-hydrogen) atoms. The molecular formula is C17H29N5O2. The van der Waals surface area contributed by atoms with Gasteiger partial charge in [-0.2, -0.15) is 0 Å². The third kappa shape index (κ3) is 7.08. The van der Waals surface area contributed by atoms with Gasteiger partial charge < -0.3 is 17.2 Å². The molecule has 7 N–H and O–H groups in total. The molecule has 0 saturated carbocycles. The fraction of sp³-hybridized carbons (Fsp3) is 0.529. The highest BCUT2D eigenvalue weighted by atomic mass is 16.2. The van der Waals surface area contributed by atoms with E-state index >= 15 is 0 Å². The lowest BCUT2D eigenvalue weighted by Crippen LogP contribution is -2.60. The molecule has 0 aliphatic rings. The summed E-state index contributed by atoms with van der Waals surface area (Å²) in [6.07, 6.45) is 1.60. The Bertz CT molecular complexity index is 521. The highest BCUT2D eigenvalue weighted by Gasteiger charge is 2.27. The second kappa shape index (κ2) is 10.0. The molecule has 0 aromatic heterocycles. The van der Waals surface area contributed by atoms with Crippen LogP contribution in [0.25, 0.3) is 0 Å². The number of primary amides is 1. The Morgan fingerprint density at radius 2 is 1.79 bits per heavy atom. The molecular weight excluding hydrogens is 306 g/mol. The second-order valence-electron chi connectivity index (χ2n) is 6.21.